The number of hydrogen-bond acceptors (Lipinski definition) is 6. The van der Waals surface area contributed by atoms with Gasteiger partial charge in [0, 0.05) is 5.56 Å². The van der Waals surface area contributed by atoms with Gasteiger partial charge in [-0.05, 0) is 11.1 Å². The van der Waals surface area contributed by atoms with Gasteiger partial charge >= 0.3 is 0 Å². The largest absolute Gasteiger partial charge is 0.368 e. The summed E-state index contributed by atoms with van der Waals surface area (Å²) in [4.78, 5) is 0. The number of benzene rings is 3. The number of aliphatic hydroxyl groups is 1. The smallest absolute Gasteiger partial charge is 0.184 e. The van der Waals surface area contributed by atoms with E-state index in [1.54, 1.807) is 0 Å². The Kier molecular flexibility index (Phi) is 7.12. The van der Waals surface area contributed by atoms with Gasteiger partial charge in [-0.1, -0.05) is 91.0 Å². The van der Waals surface area contributed by atoms with E-state index in [0.29, 0.717) is 13.2 Å². The third kappa shape index (κ3) is 5.33. The van der Waals surface area contributed by atoms with Gasteiger partial charge in [0.25, 0.3) is 0 Å². The Morgan fingerprint density at radius 3 is 1.85 bits per heavy atom. The van der Waals surface area contributed by atoms with Crippen molar-refractivity contribution in [2.24, 2.45) is 0 Å². The molecule has 33 heavy (non-hydrogen) atoms. The fourth-order valence-electron chi connectivity index (χ4n) is 4.24. The Labute approximate surface area is 193 Å². The molecule has 3 aromatic rings. The molecule has 0 bridgehead atoms. The molecule has 2 aliphatic heterocycles. The molecule has 2 saturated heterocycles. The molecule has 2 fully saturated rings. The first-order valence-electron chi connectivity index (χ1n) is 11.2. The molecule has 5 rings (SSSR count). The highest BCUT2D eigenvalue weighted by Gasteiger charge is 2.51. The van der Waals surface area contributed by atoms with Crippen molar-refractivity contribution >= 4 is 0 Å². The highest BCUT2D eigenvalue weighted by molar-refractivity contribution is 5.17. The summed E-state index contributed by atoms with van der Waals surface area (Å²) in [6, 6.07) is 29.5. The van der Waals surface area contributed by atoms with Gasteiger partial charge in [-0.3, -0.25) is 0 Å². The van der Waals surface area contributed by atoms with E-state index in [9.17, 15) is 5.11 Å². The molecule has 0 radical (unpaired) electrons. The topological polar surface area (TPSA) is 66.4 Å². The molecule has 6 heteroatoms. The molecule has 2 heterocycles. The van der Waals surface area contributed by atoms with Crippen LogP contribution in [0.4, 0.5) is 0 Å². The minimum atomic E-state index is -1.16. The normalized spacial score (nSPS) is 29.4. The Morgan fingerprint density at radius 2 is 1.24 bits per heavy atom. The average Bonchev–Trinajstić information content (AvgIpc) is 2.88. The second kappa shape index (κ2) is 10.6. The number of rotatable bonds is 7. The van der Waals surface area contributed by atoms with Crippen LogP contribution in [-0.2, 0) is 36.9 Å². The predicted molar refractivity (Wildman–Crippen MR) is 121 cm³/mol. The van der Waals surface area contributed by atoms with Gasteiger partial charge in [0.1, 0.15) is 24.4 Å². The first-order valence-corrected chi connectivity index (χ1v) is 11.2. The highest BCUT2D eigenvalue weighted by Crippen LogP contribution is 2.36. The van der Waals surface area contributed by atoms with Gasteiger partial charge in [0.2, 0.25) is 0 Å². The number of fused-ring (bicyclic) bond motifs is 1. The lowest BCUT2D eigenvalue weighted by molar-refractivity contribution is -0.366. The van der Waals surface area contributed by atoms with E-state index in [1.807, 2.05) is 91.0 Å². The Hall–Kier alpha value is -2.58. The summed E-state index contributed by atoms with van der Waals surface area (Å²) < 4.78 is 30.6. The molecular weight excluding hydrogens is 420 g/mol. The molecule has 6 nitrogen and oxygen atoms in total. The fraction of sp³-hybridized carbons (Fsp3) is 0.333. The van der Waals surface area contributed by atoms with Crippen molar-refractivity contribution in [3.8, 4) is 0 Å². The summed E-state index contributed by atoms with van der Waals surface area (Å²) in [7, 11) is 0. The van der Waals surface area contributed by atoms with E-state index in [0.717, 1.165) is 16.7 Å². The fourth-order valence-corrected chi connectivity index (χ4v) is 4.24. The van der Waals surface area contributed by atoms with Crippen LogP contribution in [0.3, 0.4) is 0 Å². The lowest BCUT2D eigenvalue weighted by Gasteiger charge is -2.47. The van der Waals surface area contributed by atoms with Crippen LogP contribution in [0.25, 0.3) is 0 Å². The Morgan fingerprint density at radius 1 is 0.697 bits per heavy atom. The quantitative estimate of drug-likeness (QED) is 0.590. The van der Waals surface area contributed by atoms with Crippen molar-refractivity contribution in [3.05, 3.63) is 108 Å². The average molecular weight is 449 g/mol. The van der Waals surface area contributed by atoms with Crippen molar-refractivity contribution in [1.29, 1.82) is 0 Å². The first kappa shape index (κ1) is 22.2. The second-order valence-corrected chi connectivity index (χ2v) is 8.26. The second-order valence-electron chi connectivity index (χ2n) is 8.26. The van der Waals surface area contributed by atoms with Gasteiger partial charge in [0.05, 0.1) is 19.8 Å². The van der Waals surface area contributed by atoms with Crippen LogP contribution in [0.1, 0.15) is 23.0 Å². The summed E-state index contributed by atoms with van der Waals surface area (Å²) in [5.41, 5.74) is 2.96. The summed E-state index contributed by atoms with van der Waals surface area (Å²) >= 11 is 0. The minimum absolute atomic E-state index is 0.290. The molecule has 0 spiro atoms. The van der Waals surface area contributed by atoms with Crippen LogP contribution in [0.5, 0.6) is 0 Å². The minimum Gasteiger partial charge on any atom is -0.368 e. The number of hydrogen-bond donors (Lipinski definition) is 1. The molecule has 3 aromatic carbocycles. The lowest BCUT2D eigenvalue weighted by Crippen LogP contribution is -2.63. The van der Waals surface area contributed by atoms with Gasteiger partial charge in [-0.25, -0.2) is 0 Å². The van der Waals surface area contributed by atoms with Crippen molar-refractivity contribution in [2.75, 3.05) is 6.61 Å². The standard InChI is InChI=1S/C27H28O6/c28-26-25(30-17-20-12-6-2-7-13-20)24(29-16-19-10-4-1-5-11-19)23-22(32-26)18-31-27(33-23)21-14-8-3-9-15-21/h1-15,22-28H,16-18H2/t22-,23-,24+,25+,26+,27?/m1/s1. The van der Waals surface area contributed by atoms with E-state index >= 15 is 0 Å². The van der Waals surface area contributed by atoms with Crippen molar-refractivity contribution < 1.29 is 28.8 Å². The van der Waals surface area contributed by atoms with Gasteiger partial charge in [-0.2, -0.15) is 0 Å². The number of aliphatic hydroxyl groups excluding tert-OH is 1. The predicted octanol–water partition coefficient (Wildman–Crippen LogP) is 3.99. The van der Waals surface area contributed by atoms with Crippen LogP contribution >= 0.6 is 0 Å². The molecule has 6 atom stereocenters. The maximum absolute atomic E-state index is 10.8. The van der Waals surface area contributed by atoms with Crippen LogP contribution in [0.2, 0.25) is 0 Å². The van der Waals surface area contributed by atoms with E-state index in [-0.39, 0.29) is 6.61 Å². The van der Waals surface area contributed by atoms with Gasteiger partial charge in [-0.15, -0.1) is 0 Å². The van der Waals surface area contributed by atoms with Crippen molar-refractivity contribution in [3.63, 3.8) is 0 Å². The third-order valence-electron chi connectivity index (χ3n) is 5.94. The van der Waals surface area contributed by atoms with Crippen LogP contribution in [-0.4, -0.2) is 42.4 Å². The monoisotopic (exact) mass is 448 g/mol. The summed E-state index contributed by atoms with van der Waals surface area (Å²) in [6.07, 6.45) is -3.88. The zero-order valence-electron chi connectivity index (χ0n) is 18.2. The molecule has 0 saturated carbocycles. The van der Waals surface area contributed by atoms with Crippen LogP contribution < -0.4 is 0 Å². The molecule has 1 N–H and O–H groups in total. The molecular formula is C27H28O6. The highest BCUT2D eigenvalue weighted by atomic mass is 16.7. The summed E-state index contributed by atoms with van der Waals surface area (Å²) in [5.74, 6) is 0. The first-order chi connectivity index (χ1) is 16.3. The lowest BCUT2D eigenvalue weighted by atomic mass is 9.97. The van der Waals surface area contributed by atoms with Crippen molar-refractivity contribution in [2.45, 2.75) is 50.2 Å². The summed E-state index contributed by atoms with van der Waals surface area (Å²) in [5, 5.41) is 10.8. The molecule has 0 amide bonds. The molecule has 2 aliphatic rings. The van der Waals surface area contributed by atoms with Crippen molar-refractivity contribution in [1.82, 2.24) is 0 Å². The maximum Gasteiger partial charge on any atom is 0.184 e. The van der Waals surface area contributed by atoms with E-state index in [4.69, 9.17) is 23.7 Å². The third-order valence-corrected chi connectivity index (χ3v) is 5.94. The van der Waals surface area contributed by atoms with Crippen LogP contribution in [0.15, 0.2) is 91.0 Å². The zero-order valence-corrected chi connectivity index (χ0v) is 18.2. The van der Waals surface area contributed by atoms with E-state index in [2.05, 4.69) is 0 Å². The van der Waals surface area contributed by atoms with E-state index < -0.39 is 37.0 Å². The molecule has 172 valence electrons. The Bertz CT molecular complexity index is 983. The number of ether oxygens (including phenoxy) is 5. The molecule has 0 aliphatic carbocycles. The SMILES string of the molecule is O[C@H]1O[C@@H]2COC(c3ccccc3)O[C@H]2[C@H](OCc2ccccc2)[C@@H]1OCc1ccccc1. The molecule has 0 aromatic heterocycles. The van der Waals surface area contributed by atoms with E-state index in [1.165, 1.54) is 0 Å². The molecule has 1 unspecified atom stereocenters. The summed E-state index contributed by atoms with van der Waals surface area (Å²) in [6.45, 7) is 0.984. The van der Waals surface area contributed by atoms with Gasteiger partial charge in [0.15, 0.2) is 12.6 Å². The maximum atomic E-state index is 10.8. The Balaban J connectivity index is 1.36. The van der Waals surface area contributed by atoms with Gasteiger partial charge < -0.3 is 28.8 Å². The van der Waals surface area contributed by atoms with Crippen LogP contribution in [0, 0.1) is 0 Å². The zero-order chi connectivity index (χ0) is 22.5.